The van der Waals surface area contributed by atoms with E-state index in [1.807, 2.05) is 0 Å². The highest BCUT2D eigenvalue weighted by atomic mass is 28.4. The summed E-state index contributed by atoms with van der Waals surface area (Å²) < 4.78 is 17.7. The van der Waals surface area contributed by atoms with Crippen LogP contribution in [0.25, 0.3) is 0 Å². The number of rotatable bonds is 5. The Kier molecular flexibility index (Phi) is 5.84. The molecule has 2 aliphatic rings. The van der Waals surface area contributed by atoms with Crippen LogP contribution in [0.4, 0.5) is 0 Å². The average molecular weight is 365 g/mol. The van der Waals surface area contributed by atoms with Gasteiger partial charge >= 0.3 is 0 Å². The van der Waals surface area contributed by atoms with Gasteiger partial charge in [0.05, 0.1) is 25.9 Å². The molecule has 0 aromatic carbocycles. The van der Waals surface area contributed by atoms with Crippen LogP contribution in [-0.2, 0) is 13.9 Å². The number of aliphatic hydroxyl groups is 4. The molecule has 2 fully saturated rings. The van der Waals surface area contributed by atoms with Gasteiger partial charge in [0.1, 0.15) is 30.0 Å². The Hall–Kier alpha value is -0.0631. The van der Waals surface area contributed by atoms with Gasteiger partial charge < -0.3 is 34.3 Å². The summed E-state index contributed by atoms with van der Waals surface area (Å²) in [5, 5.41) is 39.8. The third kappa shape index (κ3) is 3.71. The first-order valence-corrected chi connectivity index (χ1v) is 11.4. The Morgan fingerprint density at radius 1 is 1.29 bits per heavy atom. The number of ether oxygens (including phenoxy) is 2. The lowest BCUT2D eigenvalue weighted by Gasteiger charge is -2.41. The molecule has 4 N–H and O–H groups in total. The molecule has 6 atom stereocenters. The van der Waals surface area contributed by atoms with Crippen molar-refractivity contribution >= 4 is 8.32 Å². The SMILES string of the molecule is CC(C)(C)[Si](C)(C)OC[C@]1(C(O)CO)C[C@H]2OCC(O)C(O)[C@H]2O1. The second kappa shape index (κ2) is 6.92. The Labute approximate surface area is 144 Å². The summed E-state index contributed by atoms with van der Waals surface area (Å²) in [4.78, 5) is 0. The summed E-state index contributed by atoms with van der Waals surface area (Å²) >= 11 is 0. The standard InChI is InChI=1S/C16H32O7Si/c1-15(2,3)24(4,5)22-9-16(12(19)7-17)6-11-14(23-16)13(20)10(18)8-21-11/h10-14,17-20H,6-9H2,1-5H3/t10?,11-,12?,13?,14+,16+/m1/s1. The van der Waals surface area contributed by atoms with Gasteiger partial charge in [-0.15, -0.1) is 0 Å². The minimum absolute atomic E-state index is 0.00404. The third-order valence-corrected chi connectivity index (χ3v) is 10.2. The van der Waals surface area contributed by atoms with E-state index in [1.54, 1.807) is 0 Å². The first-order chi connectivity index (χ1) is 10.9. The number of hydrogen-bond acceptors (Lipinski definition) is 7. The molecule has 0 spiro atoms. The summed E-state index contributed by atoms with van der Waals surface area (Å²) in [6.07, 6.45) is -4.12. The molecule has 0 saturated carbocycles. The fourth-order valence-electron chi connectivity index (χ4n) is 2.92. The zero-order chi connectivity index (χ0) is 18.3. The highest BCUT2D eigenvalue weighted by molar-refractivity contribution is 6.74. The lowest BCUT2D eigenvalue weighted by molar-refractivity contribution is -0.207. The highest BCUT2D eigenvalue weighted by Crippen LogP contribution is 2.42. The monoisotopic (exact) mass is 364 g/mol. The molecule has 3 unspecified atom stereocenters. The average Bonchev–Trinajstić information content (AvgIpc) is 2.88. The first kappa shape index (κ1) is 20.3. The van der Waals surface area contributed by atoms with E-state index >= 15 is 0 Å². The molecule has 24 heavy (non-hydrogen) atoms. The lowest BCUT2D eigenvalue weighted by atomic mass is 9.91. The van der Waals surface area contributed by atoms with Crippen molar-refractivity contribution in [2.24, 2.45) is 0 Å². The predicted octanol–water partition coefficient (Wildman–Crippen LogP) is 0.00970. The summed E-state index contributed by atoms with van der Waals surface area (Å²) in [6, 6.07) is 0. The third-order valence-electron chi connectivity index (χ3n) is 5.76. The molecule has 0 aliphatic carbocycles. The molecule has 0 amide bonds. The maximum absolute atomic E-state index is 10.4. The van der Waals surface area contributed by atoms with Gasteiger partial charge in [0.15, 0.2) is 8.32 Å². The van der Waals surface area contributed by atoms with E-state index in [0.29, 0.717) is 6.42 Å². The minimum Gasteiger partial charge on any atom is -0.414 e. The summed E-state index contributed by atoms with van der Waals surface area (Å²) in [6.45, 7) is 10.2. The molecular weight excluding hydrogens is 332 g/mol. The smallest absolute Gasteiger partial charge is 0.192 e. The van der Waals surface area contributed by atoms with Crippen molar-refractivity contribution < 1.29 is 34.3 Å². The largest absolute Gasteiger partial charge is 0.414 e. The first-order valence-electron chi connectivity index (χ1n) is 8.52. The van der Waals surface area contributed by atoms with Gasteiger partial charge in [-0.05, 0) is 18.1 Å². The maximum Gasteiger partial charge on any atom is 0.192 e. The van der Waals surface area contributed by atoms with Crippen molar-refractivity contribution in [2.75, 3.05) is 19.8 Å². The van der Waals surface area contributed by atoms with E-state index in [1.165, 1.54) is 0 Å². The van der Waals surface area contributed by atoms with Crippen LogP contribution in [0.15, 0.2) is 0 Å². The van der Waals surface area contributed by atoms with Crippen LogP contribution < -0.4 is 0 Å². The molecule has 2 aliphatic heterocycles. The van der Waals surface area contributed by atoms with Gasteiger partial charge in [-0.1, -0.05) is 20.8 Å². The minimum atomic E-state index is -2.08. The summed E-state index contributed by atoms with van der Waals surface area (Å²) in [5.41, 5.74) is -1.15. The van der Waals surface area contributed by atoms with Crippen LogP contribution in [0.3, 0.4) is 0 Å². The van der Waals surface area contributed by atoms with Crippen LogP contribution in [-0.4, -0.2) is 84.7 Å². The molecule has 0 radical (unpaired) electrons. The van der Waals surface area contributed by atoms with E-state index in [2.05, 4.69) is 33.9 Å². The van der Waals surface area contributed by atoms with Gasteiger partial charge in [0.25, 0.3) is 0 Å². The van der Waals surface area contributed by atoms with E-state index in [9.17, 15) is 20.4 Å². The normalized spacial score (nSPS) is 38.9. The van der Waals surface area contributed by atoms with Crippen molar-refractivity contribution in [1.29, 1.82) is 0 Å². The van der Waals surface area contributed by atoms with Gasteiger partial charge in [-0.25, -0.2) is 0 Å². The molecule has 7 nitrogen and oxygen atoms in total. The predicted molar refractivity (Wildman–Crippen MR) is 90.2 cm³/mol. The molecule has 0 aromatic rings. The molecule has 2 heterocycles. The number of hydrogen-bond donors (Lipinski definition) is 4. The van der Waals surface area contributed by atoms with Crippen molar-refractivity contribution in [3.8, 4) is 0 Å². The fraction of sp³-hybridized carbons (Fsp3) is 1.00. The lowest BCUT2D eigenvalue weighted by Crippen LogP contribution is -2.54. The molecule has 8 heteroatoms. The molecule has 0 aromatic heterocycles. The molecule has 0 bridgehead atoms. The molecule has 142 valence electrons. The van der Waals surface area contributed by atoms with E-state index < -0.39 is 51.0 Å². The van der Waals surface area contributed by atoms with Gasteiger partial charge in [-0.2, -0.15) is 0 Å². The van der Waals surface area contributed by atoms with E-state index in [4.69, 9.17) is 13.9 Å². The van der Waals surface area contributed by atoms with Crippen LogP contribution in [0.2, 0.25) is 18.1 Å². The maximum atomic E-state index is 10.4. The van der Waals surface area contributed by atoms with Crippen LogP contribution >= 0.6 is 0 Å². The van der Waals surface area contributed by atoms with Gasteiger partial charge in [0, 0.05) is 6.42 Å². The Morgan fingerprint density at radius 2 is 1.92 bits per heavy atom. The Bertz CT molecular complexity index is 439. The number of fused-ring (bicyclic) bond motifs is 1. The summed E-state index contributed by atoms with van der Waals surface area (Å²) in [7, 11) is -2.08. The van der Waals surface area contributed by atoms with E-state index in [0.717, 1.165) is 0 Å². The van der Waals surface area contributed by atoms with Gasteiger partial charge in [0.2, 0.25) is 0 Å². The van der Waals surface area contributed by atoms with Crippen molar-refractivity contribution in [2.45, 2.75) is 81.4 Å². The van der Waals surface area contributed by atoms with Crippen LogP contribution in [0, 0.1) is 0 Å². The van der Waals surface area contributed by atoms with Crippen molar-refractivity contribution in [3.63, 3.8) is 0 Å². The zero-order valence-corrected chi connectivity index (χ0v) is 16.2. The van der Waals surface area contributed by atoms with Crippen molar-refractivity contribution in [3.05, 3.63) is 0 Å². The Balaban J connectivity index is 2.17. The second-order valence-electron chi connectivity index (χ2n) is 8.53. The van der Waals surface area contributed by atoms with Crippen LogP contribution in [0.1, 0.15) is 27.2 Å². The van der Waals surface area contributed by atoms with E-state index in [-0.39, 0.29) is 18.3 Å². The fourth-order valence-corrected chi connectivity index (χ4v) is 3.96. The quantitative estimate of drug-likeness (QED) is 0.509. The topological polar surface area (TPSA) is 109 Å². The number of aliphatic hydroxyl groups excluding tert-OH is 4. The molecule has 2 saturated heterocycles. The molecule has 2 rings (SSSR count). The zero-order valence-electron chi connectivity index (χ0n) is 15.2. The highest BCUT2D eigenvalue weighted by Gasteiger charge is 2.57. The van der Waals surface area contributed by atoms with Crippen molar-refractivity contribution in [1.82, 2.24) is 0 Å². The summed E-state index contributed by atoms with van der Waals surface area (Å²) in [5.74, 6) is 0. The Morgan fingerprint density at radius 3 is 2.46 bits per heavy atom. The van der Waals surface area contributed by atoms with Gasteiger partial charge in [-0.3, -0.25) is 0 Å². The molecular formula is C16H32O7Si. The van der Waals surface area contributed by atoms with Crippen LogP contribution in [0.5, 0.6) is 0 Å². The second-order valence-corrected chi connectivity index (χ2v) is 13.3.